The molecule has 1 aliphatic heterocycles. The maximum atomic E-state index is 13.4. The van der Waals surface area contributed by atoms with E-state index in [9.17, 15) is 9.18 Å². The number of fused-ring (bicyclic) bond motifs is 1. The summed E-state index contributed by atoms with van der Waals surface area (Å²) < 4.78 is 18.5. The third-order valence-corrected chi connectivity index (χ3v) is 4.50. The van der Waals surface area contributed by atoms with Crippen molar-refractivity contribution >= 4 is 11.6 Å². The standard InChI is InChI=1S/C19H16FN3O2/c1-11-16-17(22-21-11)19(24)23(14-7-9-15(25-2)10-8-14)18(16)12-3-5-13(20)6-4-12/h3-10,18H,1-2H3,(H,21,22). The van der Waals surface area contributed by atoms with Crippen LogP contribution in [-0.4, -0.2) is 23.2 Å². The van der Waals surface area contributed by atoms with Gasteiger partial charge in [0.2, 0.25) is 0 Å². The van der Waals surface area contributed by atoms with Gasteiger partial charge in [-0.25, -0.2) is 4.39 Å². The number of rotatable bonds is 3. The number of amides is 1. The summed E-state index contributed by atoms with van der Waals surface area (Å²) in [6.45, 7) is 1.86. The van der Waals surface area contributed by atoms with Crippen LogP contribution >= 0.6 is 0 Å². The van der Waals surface area contributed by atoms with Crippen molar-refractivity contribution in [2.45, 2.75) is 13.0 Å². The molecule has 6 heteroatoms. The van der Waals surface area contributed by atoms with Crippen molar-refractivity contribution in [3.63, 3.8) is 0 Å². The first-order chi connectivity index (χ1) is 12.1. The van der Waals surface area contributed by atoms with Gasteiger partial charge in [-0.3, -0.25) is 14.8 Å². The van der Waals surface area contributed by atoms with Crippen LogP contribution in [0.3, 0.4) is 0 Å². The molecule has 5 nitrogen and oxygen atoms in total. The molecule has 1 amide bonds. The maximum Gasteiger partial charge on any atom is 0.277 e. The van der Waals surface area contributed by atoms with Crippen LogP contribution in [0.15, 0.2) is 48.5 Å². The monoisotopic (exact) mass is 337 g/mol. The Morgan fingerprint density at radius 2 is 1.80 bits per heavy atom. The summed E-state index contributed by atoms with van der Waals surface area (Å²) in [5.41, 5.74) is 3.63. The Labute approximate surface area is 144 Å². The fraction of sp³-hybridized carbons (Fsp3) is 0.158. The first-order valence-corrected chi connectivity index (χ1v) is 7.88. The van der Waals surface area contributed by atoms with Crippen molar-refractivity contribution in [1.82, 2.24) is 10.2 Å². The van der Waals surface area contributed by atoms with Crippen molar-refractivity contribution in [3.05, 3.63) is 76.9 Å². The minimum atomic E-state index is -0.352. The van der Waals surface area contributed by atoms with Gasteiger partial charge in [-0.1, -0.05) is 12.1 Å². The second-order valence-corrected chi connectivity index (χ2v) is 5.92. The molecule has 0 spiro atoms. The molecule has 1 aromatic heterocycles. The zero-order valence-electron chi connectivity index (χ0n) is 13.8. The normalized spacial score (nSPS) is 16.2. The van der Waals surface area contributed by atoms with E-state index in [0.29, 0.717) is 11.4 Å². The Balaban J connectivity index is 1.86. The van der Waals surface area contributed by atoms with Crippen LogP contribution in [0.1, 0.15) is 33.4 Å². The fourth-order valence-electron chi connectivity index (χ4n) is 3.28. The Hall–Kier alpha value is -3.15. The van der Waals surface area contributed by atoms with E-state index in [1.165, 1.54) is 12.1 Å². The molecule has 3 aromatic rings. The summed E-state index contributed by atoms with van der Waals surface area (Å²) >= 11 is 0. The summed E-state index contributed by atoms with van der Waals surface area (Å²) in [6, 6.07) is 13.1. The van der Waals surface area contributed by atoms with E-state index in [-0.39, 0.29) is 17.8 Å². The molecule has 126 valence electrons. The molecular formula is C19H16FN3O2. The third kappa shape index (κ3) is 2.38. The van der Waals surface area contributed by atoms with Crippen LogP contribution in [-0.2, 0) is 0 Å². The number of methoxy groups -OCH3 is 1. The maximum absolute atomic E-state index is 13.4. The minimum absolute atomic E-state index is 0.157. The number of anilines is 1. The number of H-pyrrole nitrogens is 1. The number of aromatic amines is 1. The van der Waals surface area contributed by atoms with Gasteiger partial charge in [0, 0.05) is 11.3 Å². The van der Waals surface area contributed by atoms with E-state index < -0.39 is 0 Å². The number of aromatic nitrogens is 2. The molecule has 0 aliphatic carbocycles. The Bertz CT molecular complexity index is 932. The molecule has 4 rings (SSSR count). The molecule has 2 heterocycles. The van der Waals surface area contributed by atoms with E-state index in [4.69, 9.17) is 4.74 Å². The lowest BCUT2D eigenvalue weighted by Crippen LogP contribution is -2.29. The second-order valence-electron chi connectivity index (χ2n) is 5.92. The number of halogens is 1. The fourth-order valence-corrected chi connectivity index (χ4v) is 3.28. The Kier molecular flexibility index (Phi) is 3.53. The molecule has 0 bridgehead atoms. The van der Waals surface area contributed by atoms with E-state index in [1.807, 2.05) is 31.2 Å². The lowest BCUT2D eigenvalue weighted by atomic mass is 9.99. The van der Waals surface area contributed by atoms with Gasteiger partial charge in [0.15, 0.2) is 0 Å². The van der Waals surface area contributed by atoms with Crippen LogP contribution in [0, 0.1) is 12.7 Å². The molecule has 1 unspecified atom stereocenters. The summed E-state index contributed by atoms with van der Waals surface area (Å²) in [5.74, 6) is 0.244. The molecule has 1 atom stereocenters. The first kappa shape index (κ1) is 15.4. The van der Waals surface area contributed by atoms with Gasteiger partial charge < -0.3 is 4.74 Å². The predicted molar refractivity (Wildman–Crippen MR) is 91.4 cm³/mol. The number of carbonyl (C=O) groups is 1. The summed E-state index contributed by atoms with van der Waals surface area (Å²) in [7, 11) is 1.59. The molecule has 0 saturated heterocycles. The van der Waals surface area contributed by atoms with Gasteiger partial charge in [-0.15, -0.1) is 0 Å². The van der Waals surface area contributed by atoms with Gasteiger partial charge >= 0.3 is 0 Å². The molecule has 0 radical (unpaired) electrons. The van der Waals surface area contributed by atoms with Crippen molar-refractivity contribution in [2.24, 2.45) is 0 Å². The van der Waals surface area contributed by atoms with E-state index >= 15 is 0 Å². The molecular weight excluding hydrogens is 321 g/mol. The topological polar surface area (TPSA) is 58.2 Å². The summed E-state index contributed by atoms with van der Waals surface area (Å²) in [5, 5.41) is 7.00. The number of carbonyl (C=O) groups excluding carboxylic acids is 1. The minimum Gasteiger partial charge on any atom is -0.497 e. The highest BCUT2D eigenvalue weighted by Gasteiger charge is 2.41. The van der Waals surface area contributed by atoms with Crippen LogP contribution in [0.25, 0.3) is 0 Å². The van der Waals surface area contributed by atoms with Crippen molar-refractivity contribution in [1.29, 1.82) is 0 Å². The smallest absolute Gasteiger partial charge is 0.277 e. The lowest BCUT2D eigenvalue weighted by molar-refractivity contribution is 0.0988. The molecule has 2 aromatic carbocycles. The number of hydrogen-bond donors (Lipinski definition) is 1. The second kappa shape index (κ2) is 5.73. The molecule has 0 fully saturated rings. The van der Waals surface area contributed by atoms with Crippen LogP contribution in [0.4, 0.5) is 10.1 Å². The van der Waals surface area contributed by atoms with Gasteiger partial charge in [0.05, 0.1) is 18.8 Å². The van der Waals surface area contributed by atoms with Crippen molar-refractivity contribution in [3.8, 4) is 5.75 Å². The predicted octanol–water partition coefficient (Wildman–Crippen LogP) is 3.62. The van der Waals surface area contributed by atoms with Crippen molar-refractivity contribution < 1.29 is 13.9 Å². The van der Waals surface area contributed by atoms with Crippen LogP contribution in [0.2, 0.25) is 0 Å². The van der Waals surface area contributed by atoms with Crippen molar-refractivity contribution in [2.75, 3.05) is 12.0 Å². The average molecular weight is 337 g/mol. The molecule has 1 aliphatic rings. The Morgan fingerprint density at radius 1 is 1.12 bits per heavy atom. The Morgan fingerprint density at radius 3 is 2.44 bits per heavy atom. The largest absolute Gasteiger partial charge is 0.497 e. The number of aryl methyl sites for hydroxylation is 1. The van der Waals surface area contributed by atoms with E-state index in [2.05, 4.69) is 10.2 Å². The highest BCUT2D eigenvalue weighted by atomic mass is 19.1. The third-order valence-electron chi connectivity index (χ3n) is 4.50. The van der Waals surface area contributed by atoms with Gasteiger partial charge in [-0.2, -0.15) is 5.10 Å². The van der Waals surface area contributed by atoms with Crippen LogP contribution in [0.5, 0.6) is 5.75 Å². The van der Waals surface area contributed by atoms with E-state index in [1.54, 1.807) is 24.1 Å². The quantitative estimate of drug-likeness (QED) is 0.794. The van der Waals surface area contributed by atoms with Crippen LogP contribution < -0.4 is 9.64 Å². The van der Waals surface area contributed by atoms with E-state index in [0.717, 1.165) is 22.5 Å². The summed E-state index contributed by atoms with van der Waals surface area (Å²) in [6.07, 6.45) is 0. The highest BCUT2D eigenvalue weighted by molar-refractivity contribution is 6.10. The number of nitrogens with zero attached hydrogens (tertiary/aromatic N) is 2. The zero-order chi connectivity index (χ0) is 17.6. The zero-order valence-corrected chi connectivity index (χ0v) is 13.8. The van der Waals surface area contributed by atoms with Gasteiger partial charge in [-0.05, 0) is 48.9 Å². The molecule has 1 N–H and O–H groups in total. The number of ether oxygens (including phenoxy) is 1. The number of benzene rings is 2. The first-order valence-electron chi connectivity index (χ1n) is 7.88. The van der Waals surface area contributed by atoms with Gasteiger partial charge in [0.1, 0.15) is 17.3 Å². The lowest BCUT2D eigenvalue weighted by Gasteiger charge is -2.26. The number of hydrogen-bond acceptors (Lipinski definition) is 3. The summed E-state index contributed by atoms with van der Waals surface area (Å²) in [4.78, 5) is 14.7. The molecule has 0 saturated carbocycles. The number of nitrogens with one attached hydrogen (secondary N) is 1. The SMILES string of the molecule is COc1ccc(N2C(=O)c3[nH]nc(C)c3C2c2ccc(F)cc2)cc1. The average Bonchev–Trinajstić information content (AvgIpc) is 3.15. The molecule has 25 heavy (non-hydrogen) atoms. The highest BCUT2D eigenvalue weighted by Crippen LogP contribution is 2.42. The van der Waals surface area contributed by atoms with Gasteiger partial charge in [0.25, 0.3) is 5.91 Å².